The Kier molecular flexibility index (Phi) is 8.71. The topological polar surface area (TPSA) is 110 Å². The van der Waals surface area contributed by atoms with Crippen LogP contribution in [-0.2, 0) is 4.79 Å². The van der Waals surface area contributed by atoms with Crippen molar-refractivity contribution in [3.8, 4) is 28.7 Å². The second-order valence-electron chi connectivity index (χ2n) is 7.87. The Labute approximate surface area is 233 Å². The third kappa shape index (κ3) is 6.09. The fraction of sp³-hybridized carbons (Fsp3) is 0.364. The molecule has 1 aromatic carbocycles. The Hall–Kier alpha value is -1.49. The van der Waals surface area contributed by atoms with E-state index >= 15 is 0 Å². The second kappa shape index (κ2) is 11.1. The van der Waals surface area contributed by atoms with E-state index in [2.05, 4.69) is 20.4 Å². The molecular weight excluding hydrogens is 459 g/mol. The molecule has 2 heterocycles. The number of aliphatic carboxylic acids is 1. The van der Waals surface area contributed by atoms with E-state index < -0.39 is 5.97 Å². The number of nitrogens with zero attached hydrogens (tertiary/aromatic N) is 3. The summed E-state index contributed by atoms with van der Waals surface area (Å²) in [5.74, 6) is 0.148. The molecule has 32 heavy (non-hydrogen) atoms. The van der Waals surface area contributed by atoms with Gasteiger partial charge in [-0.1, -0.05) is 16.8 Å². The number of carboxylic acid groups (broad SMARTS) is 1. The SMILES string of the molecule is CC(C)Oc1ncc(-c2nc(-c3ccc(N[C@H]4CC[C@@H](C(=O)O)C4)cc3)no2)cc1Cl.[KH]. The summed E-state index contributed by atoms with van der Waals surface area (Å²) < 4.78 is 10.9. The van der Waals surface area contributed by atoms with Gasteiger partial charge in [0.1, 0.15) is 5.02 Å². The molecule has 0 spiro atoms. The van der Waals surface area contributed by atoms with Crippen LogP contribution in [0, 0.1) is 5.92 Å². The number of aromatic nitrogens is 3. The van der Waals surface area contributed by atoms with Crippen molar-refractivity contribution in [1.29, 1.82) is 0 Å². The first-order valence-electron chi connectivity index (χ1n) is 10.1. The van der Waals surface area contributed by atoms with Gasteiger partial charge in [-0.3, -0.25) is 4.79 Å². The van der Waals surface area contributed by atoms with Gasteiger partial charge in [-0.25, -0.2) is 4.98 Å². The molecule has 0 radical (unpaired) electrons. The van der Waals surface area contributed by atoms with Gasteiger partial charge in [0.15, 0.2) is 0 Å². The fourth-order valence-corrected chi connectivity index (χ4v) is 3.81. The number of pyridine rings is 1. The summed E-state index contributed by atoms with van der Waals surface area (Å²) in [6.45, 7) is 3.80. The normalized spacial score (nSPS) is 17.8. The van der Waals surface area contributed by atoms with Gasteiger partial charge >= 0.3 is 57.4 Å². The molecule has 164 valence electrons. The third-order valence-corrected chi connectivity index (χ3v) is 5.39. The van der Waals surface area contributed by atoms with Crippen LogP contribution in [0.4, 0.5) is 5.69 Å². The number of carbonyl (C=O) groups is 1. The van der Waals surface area contributed by atoms with Gasteiger partial charge in [-0.15, -0.1) is 0 Å². The second-order valence-corrected chi connectivity index (χ2v) is 8.27. The molecule has 0 amide bonds. The van der Waals surface area contributed by atoms with E-state index in [1.165, 1.54) is 0 Å². The van der Waals surface area contributed by atoms with Gasteiger partial charge in [0.25, 0.3) is 5.89 Å². The quantitative estimate of drug-likeness (QED) is 0.481. The van der Waals surface area contributed by atoms with Crippen LogP contribution in [0.3, 0.4) is 0 Å². The number of nitrogens with one attached hydrogen (secondary N) is 1. The van der Waals surface area contributed by atoms with Crippen LogP contribution in [0.2, 0.25) is 5.02 Å². The minimum absolute atomic E-state index is 0. The van der Waals surface area contributed by atoms with Crippen molar-refractivity contribution in [3.63, 3.8) is 0 Å². The molecule has 0 bridgehead atoms. The van der Waals surface area contributed by atoms with E-state index in [0.29, 0.717) is 41.0 Å². The van der Waals surface area contributed by atoms with Gasteiger partial charge in [0.2, 0.25) is 11.7 Å². The van der Waals surface area contributed by atoms with Crippen molar-refractivity contribution in [3.05, 3.63) is 41.6 Å². The van der Waals surface area contributed by atoms with E-state index in [-0.39, 0.29) is 69.4 Å². The zero-order valence-corrected chi connectivity index (χ0v) is 18.0. The van der Waals surface area contributed by atoms with Gasteiger partial charge in [-0.05, 0) is 63.4 Å². The van der Waals surface area contributed by atoms with E-state index in [4.69, 9.17) is 26.0 Å². The molecule has 1 saturated carbocycles. The summed E-state index contributed by atoms with van der Waals surface area (Å²) >= 11 is 6.24. The zero-order valence-electron chi connectivity index (χ0n) is 17.2. The van der Waals surface area contributed by atoms with Crippen molar-refractivity contribution in [2.75, 3.05) is 5.32 Å². The monoisotopic (exact) mass is 482 g/mol. The standard InChI is InChI=1S/C22H23ClN4O4.K.H/c1-12(2)30-21-18(23)10-15(11-24-21)20-26-19(27-31-20)13-3-6-16(7-4-13)25-17-8-5-14(9-17)22(28)29;;/h3-4,6-7,10-12,14,17,25H,5,8-9H2,1-2H3,(H,28,29);;/t14-,17+;;/m1../s1. The van der Waals surface area contributed by atoms with E-state index in [1.54, 1.807) is 12.3 Å². The number of ether oxygens (including phenoxy) is 1. The van der Waals surface area contributed by atoms with Crippen LogP contribution in [0.15, 0.2) is 41.1 Å². The van der Waals surface area contributed by atoms with Gasteiger partial charge in [-0.2, -0.15) is 4.98 Å². The predicted octanol–water partition coefficient (Wildman–Crippen LogP) is 4.26. The predicted molar refractivity (Wildman–Crippen MR) is 123 cm³/mol. The van der Waals surface area contributed by atoms with Crippen molar-refractivity contribution in [2.24, 2.45) is 5.92 Å². The molecule has 1 aliphatic carbocycles. The Bertz CT molecular complexity index is 1070. The average molecular weight is 483 g/mol. The Morgan fingerprint density at radius 1 is 1.25 bits per heavy atom. The summed E-state index contributed by atoms with van der Waals surface area (Å²) in [4.78, 5) is 19.8. The van der Waals surface area contributed by atoms with Crippen molar-refractivity contribution < 1.29 is 19.2 Å². The van der Waals surface area contributed by atoms with Gasteiger partial charge in [0.05, 0.1) is 17.6 Å². The Balaban J connectivity index is 0.00000289. The Morgan fingerprint density at radius 3 is 2.62 bits per heavy atom. The summed E-state index contributed by atoms with van der Waals surface area (Å²) in [5, 5.41) is 17.0. The number of rotatable bonds is 7. The van der Waals surface area contributed by atoms with Crippen LogP contribution in [0.5, 0.6) is 5.88 Å². The molecule has 2 aromatic heterocycles. The molecule has 3 aromatic rings. The van der Waals surface area contributed by atoms with Crippen LogP contribution in [0.25, 0.3) is 22.8 Å². The van der Waals surface area contributed by atoms with Crippen molar-refractivity contribution in [2.45, 2.75) is 45.3 Å². The van der Waals surface area contributed by atoms with Crippen LogP contribution >= 0.6 is 11.6 Å². The average Bonchev–Trinajstić information content (AvgIpc) is 3.40. The van der Waals surface area contributed by atoms with Gasteiger partial charge in [0, 0.05) is 23.5 Å². The van der Waals surface area contributed by atoms with Crippen LogP contribution in [0.1, 0.15) is 33.1 Å². The molecular formula is C22H24ClKN4O4. The summed E-state index contributed by atoms with van der Waals surface area (Å²) in [6, 6.07) is 9.49. The van der Waals surface area contributed by atoms with Crippen LogP contribution < -0.4 is 10.1 Å². The molecule has 0 aliphatic heterocycles. The number of halogens is 1. The maximum atomic E-state index is 11.1. The van der Waals surface area contributed by atoms with E-state index in [1.807, 2.05) is 38.1 Å². The molecule has 2 N–H and O–H groups in total. The van der Waals surface area contributed by atoms with Crippen molar-refractivity contribution in [1.82, 2.24) is 15.1 Å². The zero-order chi connectivity index (χ0) is 22.0. The van der Waals surface area contributed by atoms with Crippen molar-refractivity contribution >= 4 is 74.6 Å². The molecule has 1 aliphatic rings. The molecule has 0 saturated heterocycles. The molecule has 1 fully saturated rings. The fourth-order valence-electron chi connectivity index (χ4n) is 3.60. The number of anilines is 1. The first kappa shape index (κ1) is 25.1. The molecule has 8 nitrogen and oxygen atoms in total. The number of hydrogen-bond donors (Lipinski definition) is 2. The van der Waals surface area contributed by atoms with E-state index in [9.17, 15) is 4.79 Å². The number of carboxylic acids is 1. The minimum atomic E-state index is -0.717. The van der Waals surface area contributed by atoms with Gasteiger partial charge < -0.3 is 19.7 Å². The summed E-state index contributed by atoms with van der Waals surface area (Å²) in [7, 11) is 0. The first-order valence-corrected chi connectivity index (χ1v) is 10.5. The van der Waals surface area contributed by atoms with E-state index in [0.717, 1.165) is 17.7 Å². The molecule has 0 unspecified atom stereocenters. The summed E-state index contributed by atoms with van der Waals surface area (Å²) in [5.41, 5.74) is 2.33. The molecule has 4 rings (SSSR count). The number of hydrogen-bond acceptors (Lipinski definition) is 7. The number of benzene rings is 1. The third-order valence-electron chi connectivity index (χ3n) is 5.12. The molecule has 2 atom stereocenters. The Morgan fingerprint density at radius 2 is 2.00 bits per heavy atom. The van der Waals surface area contributed by atoms with Crippen LogP contribution in [-0.4, -0.2) is 89.7 Å². The first-order chi connectivity index (χ1) is 14.9. The molecule has 10 heteroatoms. The summed E-state index contributed by atoms with van der Waals surface area (Å²) in [6.07, 6.45) is 3.75. The maximum absolute atomic E-state index is 11.1.